The Morgan fingerprint density at radius 3 is 2.41 bits per heavy atom. The fourth-order valence-electron chi connectivity index (χ4n) is 5.78. The number of aliphatic hydroxyl groups is 1. The number of fused-ring (bicyclic) bond motifs is 1. The van der Waals surface area contributed by atoms with Gasteiger partial charge < -0.3 is 19.9 Å². The van der Waals surface area contributed by atoms with E-state index >= 15 is 0 Å². The van der Waals surface area contributed by atoms with Crippen LogP contribution in [0.25, 0.3) is 27.7 Å². The largest absolute Gasteiger partial charge is 0.491 e. The van der Waals surface area contributed by atoms with Crippen molar-refractivity contribution in [1.82, 2.24) is 9.88 Å². The number of carbonyl (C=O) groups is 1. The zero-order valence-corrected chi connectivity index (χ0v) is 26.3. The lowest BCUT2D eigenvalue weighted by Crippen LogP contribution is -2.44. The molecule has 0 spiro atoms. The Morgan fingerprint density at radius 1 is 1.02 bits per heavy atom. The van der Waals surface area contributed by atoms with Gasteiger partial charge in [0.05, 0.1) is 10.5 Å². The van der Waals surface area contributed by atoms with Crippen molar-refractivity contribution in [2.45, 2.75) is 64.2 Å². The number of nitrogens with one attached hydrogen (secondary N) is 1. The molecule has 1 fully saturated rings. The summed E-state index contributed by atoms with van der Waals surface area (Å²) in [4.78, 5) is 26.0. The van der Waals surface area contributed by atoms with Gasteiger partial charge in [0.2, 0.25) is 0 Å². The van der Waals surface area contributed by atoms with Crippen LogP contribution in [0, 0.1) is 23.4 Å². The van der Waals surface area contributed by atoms with E-state index in [1.165, 1.54) is 36.4 Å². The van der Waals surface area contributed by atoms with E-state index in [0.717, 1.165) is 48.4 Å². The molecule has 1 heterocycles. The summed E-state index contributed by atoms with van der Waals surface area (Å²) in [6, 6.07) is 12.2. The Kier molecular flexibility index (Phi) is 10.7. The first-order valence-electron chi connectivity index (χ1n) is 15.4. The van der Waals surface area contributed by atoms with Gasteiger partial charge in [0, 0.05) is 29.6 Å². The molecule has 3 aromatic carbocycles. The van der Waals surface area contributed by atoms with Gasteiger partial charge in [-0.1, -0.05) is 31.5 Å². The van der Waals surface area contributed by atoms with Crippen molar-refractivity contribution in [3.63, 3.8) is 0 Å². The molecular formula is C35H36ClF3N2O5. The third-order valence-corrected chi connectivity index (χ3v) is 8.30. The Hall–Kier alpha value is -3.86. The number of benzene rings is 3. The van der Waals surface area contributed by atoms with E-state index < -0.39 is 40.8 Å². The quantitative estimate of drug-likeness (QED) is 0.160. The molecule has 1 aliphatic rings. The van der Waals surface area contributed by atoms with Crippen LogP contribution in [-0.4, -0.2) is 47.0 Å². The summed E-state index contributed by atoms with van der Waals surface area (Å²) in [6.45, 7) is 3.78. The van der Waals surface area contributed by atoms with Gasteiger partial charge in [0.1, 0.15) is 53.7 Å². The summed E-state index contributed by atoms with van der Waals surface area (Å²) >= 11 is 6.41. The molecule has 1 aromatic heterocycles. The van der Waals surface area contributed by atoms with E-state index in [2.05, 4.69) is 5.32 Å². The molecule has 0 unspecified atom stereocenters. The van der Waals surface area contributed by atoms with Crippen LogP contribution in [0.1, 0.15) is 46.0 Å². The van der Waals surface area contributed by atoms with Gasteiger partial charge in [-0.05, 0) is 86.1 Å². The zero-order valence-electron chi connectivity index (χ0n) is 25.6. The van der Waals surface area contributed by atoms with Crippen molar-refractivity contribution in [2.75, 3.05) is 13.2 Å². The average Bonchev–Trinajstić information content (AvgIpc) is 3.51. The number of para-hydroxylation sites is 1. The maximum Gasteiger partial charge on any atom is 0.323 e. The van der Waals surface area contributed by atoms with E-state index in [-0.39, 0.29) is 47.4 Å². The molecule has 0 bridgehead atoms. The minimum Gasteiger partial charge on any atom is -0.491 e. The fraction of sp³-hybridized carbons (Fsp3) is 0.371. The number of pyridine rings is 1. The molecule has 0 amide bonds. The van der Waals surface area contributed by atoms with Gasteiger partial charge in [-0.3, -0.25) is 14.2 Å². The second-order valence-electron chi connectivity index (χ2n) is 12.0. The maximum atomic E-state index is 15.0. The Balaban J connectivity index is 1.44. The van der Waals surface area contributed by atoms with E-state index in [1.54, 1.807) is 6.07 Å². The van der Waals surface area contributed by atoms with Gasteiger partial charge in [0.25, 0.3) is 5.56 Å². The van der Waals surface area contributed by atoms with Crippen molar-refractivity contribution in [2.24, 2.45) is 5.92 Å². The number of ether oxygens (including phenoxy) is 2. The number of aromatic nitrogens is 1. The monoisotopic (exact) mass is 656 g/mol. The van der Waals surface area contributed by atoms with Crippen LogP contribution in [0.3, 0.4) is 0 Å². The Labute approximate surface area is 269 Å². The molecule has 5 rings (SSSR count). The number of carbonyl (C=O) groups excluding carboxylic acids is 1. The molecule has 11 heteroatoms. The summed E-state index contributed by atoms with van der Waals surface area (Å²) in [7, 11) is 0. The first kappa shape index (κ1) is 33.5. The topological polar surface area (TPSA) is 89.8 Å². The molecule has 2 N–H and O–H groups in total. The number of esters is 1. The van der Waals surface area contributed by atoms with E-state index in [9.17, 15) is 27.9 Å². The maximum absolute atomic E-state index is 15.0. The molecule has 0 aliphatic heterocycles. The molecule has 4 aromatic rings. The zero-order chi connectivity index (χ0) is 33.0. The third kappa shape index (κ3) is 7.74. The second kappa shape index (κ2) is 14.7. The minimum absolute atomic E-state index is 0.0204. The third-order valence-electron chi connectivity index (χ3n) is 7.99. The number of nitrogens with zero attached hydrogens (tertiary/aromatic N) is 1. The fourth-order valence-corrected chi connectivity index (χ4v) is 6.05. The SMILES string of the molecule is CC(C)C[C@H](NC[C@@H](O)COc1cc(-c2ccc(F)cc2Cl)c2ccc(=O)n(-c3c(F)cccc3F)c2c1)C(=O)OC1CCCC1. The lowest BCUT2D eigenvalue weighted by atomic mass is 9.99. The molecule has 46 heavy (non-hydrogen) atoms. The van der Waals surface area contributed by atoms with Crippen LogP contribution in [0.15, 0.2) is 65.5 Å². The van der Waals surface area contributed by atoms with Crippen molar-refractivity contribution in [1.29, 1.82) is 0 Å². The van der Waals surface area contributed by atoms with E-state index in [1.807, 2.05) is 13.8 Å². The summed E-state index contributed by atoms with van der Waals surface area (Å²) in [5, 5.41) is 14.4. The molecule has 7 nitrogen and oxygen atoms in total. The van der Waals surface area contributed by atoms with E-state index in [0.29, 0.717) is 22.9 Å². The number of hydrogen-bond acceptors (Lipinski definition) is 6. The first-order valence-corrected chi connectivity index (χ1v) is 15.7. The standard InChI is InChI=1S/C35H36ClF3N2O5/c1-20(2)14-31(35(44)46-23-6-3-4-7-23)40-18-22(42)19-45-24-16-27(25-11-10-21(37)15-28(25)36)26-12-13-33(43)41(32(26)17-24)34-29(38)8-5-9-30(34)39/h5,8-13,15-17,20,22-23,31,40,42H,3-4,6-7,14,18-19H2,1-2H3/t22-,31+/m1/s1. The molecule has 244 valence electrons. The van der Waals surface area contributed by atoms with Crippen LogP contribution < -0.4 is 15.6 Å². The van der Waals surface area contributed by atoms with Crippen molar-refractivity contribution in [3.8, 4) is 22.6 Å². The molecule has 1 aliphatic carbocycles. The lowest BCUT2D eigenvalue weighted by molar-refractivity contribution is -0.152. The summed E-state index contributed by atoms with van der Waals surface area (Å²) in [5.41, 5.74) is -0.380. The number of halogens is 4. The molecule has 0 saturated heterocycles. The smallest absolute Gasteiger partial charge is 0.323 e. The lowest BCUT2D eigenvalue weighted by Gasteiger charge is -2.23. The van der Waals surface area contributed by atoms with Crippen LogP contribution in [-0.2, 0) is 9.53 Å². The molecule has 0 radical (unpaired) electrons. The normalized spacial score (nSPS) is 15.0. The van der Waals surface area contributed by atoms with Gasteiger partial charge in [-0.2, -0.15) is 0 Å². The van der Waals surface area contributed by atoms with Crippen LogP contribution in [0.5, 0.6) is 5.75 Å². The van der Waals surface area contributed by atoms with Gasteiger partial charge >= 0.3 is 5.97 Å². The molecular weight excluding hydrogens is 621 g/mol. The minimum atomic E-state index is -1.07. The van der Waals surface area contributed by atoms with Crippen LogP contribution in [0.2, 0.25) is 5.02 Å². The summed E-state index contributed by atoms with van der Waals surface area (Å²) in [6.07, 6.45) is 3.15. The van der Waals surface area contributed by atoms with Gasteiger partial charge in [-0.25, -0.2) is 13.2 Å². The molecule has 2 atom stereocenters. The van der Waals surface area contributed by atoms with Crippen molar-refractivity contribution >= 4 is 28.5 Å². The second-order valence-corrected chi connectivity index (χ2v) is 12.4. The number of rotatable bonds is 12. The molecule has 1 saturated carbocycles. The van der Waals surface area contributed by atoms with Crippen LogP contribution in [0.4, 0.5) is 13.2 Å². The Morgan fingerprint density at radius 2 is 1.74 bits per heavy atom. The van der Waals surface area contributed by atoms with E-state index in [4.69, 9.17) is 21.1 Å². The van der Waals surface area contributed by atoms with Crippen LogP contribution >= 0.6 is 11.6 Å². The summed E-state index contributed by atoms with van der Waals surface area (Å²) < 4.78 is 56.4. The highest BCUT2D eigenvalue weighted by molar-refractivity contribution is 6.33. The summed E-state index contributed by atoms with van der Waals surface area (Å²) in [5.74, 6) is -2.46. The van der Waals surface area contributed by atoms with Gasteiger partial charge in [0.15, 0.2) is 0 Å². The highest BCUT2D eigenvalue weighted by Crippen LogP contribution is 2.37. The van der Waals surface area contributed by atoms with Gasteiger partial charge in [-0.15, -0.1) is 0 Å². The predicted molar refractivity (Wildman–Crippen MR) is 171 cm³/mol. The number of hydrogen-bond donors (Lipinski definition) is 2. The highest BCUT2D eigenvalue weighted by atomic mass is 35.5. The van der Waals surface area contributed by atoms with Crippen molar-refractivity contribution < 1.29 is 32.5 Å². The Bertz CT molecular complexity index is 1750. The average molecular weight is 657 g/mol. The highest BCUT2D eigenvalue weighted by Gasteiger charge is 2.27. The first-order chi connectivity index (χ1) is 22.0. The van der Waals surface area contributed by atoms with Crippen molar-refractivity contribution in [3.05, 3.63) is 93.5 Å². The number of aliphatic hydroxyl groups excluding tert-OH is 1. The predicted octanol–water partition coefficient (Wildman–Crippen LogP) is 6.96.